The van der Waals surface area contributed by atoms with Crippen LogP contribution in [0.15, 0.2) is 24.3 Å². The molecule has 1 amide bonds. The fourth-order valence-corrected chi connectivity index (χ4v) is 4.97. The Labute approximate surface area is 161 Å². The lowest BCUT2D eigenvalue weighted by Gasteiger charge is -2.33. The van der Waals surface area contributed by atoms with Crippen molar-refractivity contribution in [2.45, 2.75) is 45.2 Å². The molecular formula is C21H31N5O. The molecule has 0 aliphatic carbocycles. The number of amides is 1. The molecule has 27 heavy (non-hydrogen) atoms. The number of carbonyl (C=O) groups is 1. The molecule has 2 aliphatic rings. The first-order valence-corrected chi connectivity index (χ1v) is 10.2. The van der Waals surface area contributed by atoms with Gasteiger partial charge in [0, 0.05) is 26.1 Å². The number of aryl methyl sites for hydroxylation is 1. The minimum atomic E-state index is 0.00749. The van der Waals surface area contributed by atoms with E-state index < -0.39 is 0 Å². The molecule has 3 heterocycles. The minimum absolute atomic E-state index is 0.00749. The molecule has 6 heteroatoms. The van der Waals surface area contributed by atoms with Gasteiger partial charge < -0.3 is 15.2 Å². The Kier molecular flexibility index (Phi) is 5.19. The number of hydrogen-bond donors (Lipinski definition) is 2. The van der Waals surface area contributed by atoms with Crippen molar-refractivity contribution >= 4 is 16.9 Å². The Morgan fingerprint density at radius 2 is 2.11 bits per heavy atom. The maximum atomic E-state index is 12.8. The number of piperidine rings is 1. The highest BCUT2D eigenvalue weighted by molar-refractivity contribution is 5.82. The van der Waals surface area contributed by atoms with Crippen LogP contribution in [0.2, 0.25) is 0 Å². The van der Waals surface area contributed by atoms with Crippen molar-refractivity contribution in [3.8, 4) is 0 Å². The van der Waals surface area contributed by atoms with Gasteiger partial charge in [-0.15, -0.1) is 0 Å². The van der Waals surface area contributed by atoms with E-state index in [1.54, 1.807) is 0 Å². The van der Waals surface area contributed by atoms with E-state index in [0.717, 1.165) is 50.4 Å². The molecular weight excluding hydrogens is 338 g/mol. The fourth-order valence-electron chi connectivity index (χ4n) is 4.97. The van der Waals surface area contributed by atoms with Gasteiger partial charge in [0.1, 0.15) is 5.82 Å². The van der Waals surface area contributed by atoms with Crippen LogP contribution in [0.1, 0.15) is 32.0 Å². The summed E-state index contributed by atoms with van der Waals surface area (Å²) in [4.78, 5) is 19.8. The Morgan fingerprint density at radius 3 is 2.89 bits per heavy atom. The number of aromatic nitrogens is 2. The highest BCUT2D eigenvalue weighted by Crippen LogP contribution is 2.41. The molecule has 0 saturated carbocycles. The third kappa shape index (κ3) is 3.60. The second-order valence-corrected chi connectivity index (χ2v) is 8.19. The molecule has 2 aliphatic heterocycles. The topological polar surface area (TPSA) is 62.2 Å². The van der Waals surface area contributed by atoms with Crippen molar-refractivity contribution in [1.29, 1.82) is 0 Å². The summed E-state index contributed by atoms with van der Waals surface area (Å²) < 4.78 is 2.24. The lowest BCUT2D eigenvalue weighted by Crippen LogP contribution is -2.42. The van der Waals surface area contributed by atoms with Crippen LogP contribution in [0.4, 0.5) is 0 Å². The van der Waals surface area contributed by atoms with Crippen molar-refractivity contribution < 1.29 is 4.79 Å². The molecule has 1 aromatic heterocycles. The molecule has 0 bridgehead atoms. The standard InChI is InChI=1S/C21H31N5O/c1-3-26-17-7-5-4-6-16(17)24-19(26)8-11-23-20(27)18-14-21(15-25(18)2)9-12-22-13-10-21/h4-7,18,22H,3,8-15H2,1-2H3,(H,23,27)/t18-/m0/s1. The molecule has 4 rings (SSSR count). The fraction of sp³-hybridized carbons (Fsp3) is 0.619. The van der Waals surface area contributed by atoms with Crippen LogP contribution >= 0.6 is 0 Å². The molecule has 6 nitrogen and oxygen atoms in total. The summed E-state index contributed by atoms with van der Waals surface area (Å²) in [7, 11) is 2.09. The van der Waals surface area contributed by atoms with E-state index in [2.05, 4.69) is 46.2 Å². The molecule has 2 aromatic rings. The largest absolute Gasteiger partial charge is 0.354 e. The number of likely N-dealkylation sites (N-methyl/N-ethyl adjacent to an activating group) is 1. The summed E-state index contributed by atoms with van der Waals surface area (Å²) in [5.41, 5.74) is 2.53. The average Bonchev–Trinajstić information content (AvgIpc) is 3.19. The lowest BCUT2D eigenvalue weighted by atomic mass is 9.77. The van der Waals surface area contributed by atoms with Gasteiger partial charge in [0.2, 0.25) is 5.91 Å². The Bertz CT molecular complexity index is 808. The van der Waals surface area contributed by atoms with Crippen molar-refractivity contribution in [3.63, 3.8) is 0 Å². The summed E-state index contributed by atoms with van der Waals surface area (Å²) >= 11 is 0. The predicted octanol–water partition coefficient (Wildman–Crippen LogP) is 1.79. The van der Waals surface area contributed by atoms with Crippen LogP contribution in [0.25, 0.3) is 11.0 Å². The normalized spacial score (nSPS) is 22.5. The van der Waals surface area contributed by atoms with E-state index in [0.29, 0.717) is 12.0 Å². The van der Waals surface area contributed by atoms with Crippen molar-refractivity contribution in [3.05, 3.63) is 30.1 Å². The van der Waals surface area contributed by atoms with E-state index in [1.807, 2.05) is 12.1 Å². The Balaban J connectivity index is 1.36. The number of rotatable bonds is 5. The summed E-state index contributed by atoms with van der Waals surface area (Å²) in [6.45, 7) is 6.87. The third-order valence-corrected chi connectivity index (χ3v) is 6.41. The van der Waals surface area contributed by atoms with Gasteiger partial charge in [-0.3, -0.25) is 9.69 Å². The quantitative estimate of drug-likeness (QED) is 0.844. The zero-order valence-corrected chi connectivity index (χ0v) is 16.5. The second-order valence-electron chi connectivity index (χ2n) is 8.19. The number of carbonyl (C=O) groups excluding carboxylic acids is 1. The van der Waals surface area contributed by atoms with Crippen LogP contribution in [0, 0.1) is 5.41 Å². The van der Waals surface area contributed by atoms with Crippen molar-refractivity contribution in [1.82, 2.24) is 25.1 Å². The summed E-state index contributed by atoms with van der Waals surface area (Å²) in [5, 5.41) is 6.61. The molecule has 1 atom stereocenters. The van der Waals surface area contributed by atoms with Gasteiger partial charge in [-0.25, -0.2) is 4.98 Å². The first-order chi connectivity index (χ1) is 13.1. The number of hydrogen-bond acceptors (Lipinski definition) is 4. The summed E-state index contributed by atoms with van der Waals surface area (Å²) in [5.74, 6) is 1.22. The zero-order valence-electron chi connectivity index (χ0n) is 16.5. The number of nitrogens with one attached hydrogen (secondary N) is 2. The smallest absolute Gasteiger partial charge is 0.237 e. The molecule has 2 N–H and O–H groups in total. The number of imidazole rings is 1. The van der Waals surface area contributed by atoms with Crippen LogP contribution in [0.5, 0.6) is 0 Å². The molecule has 1 aromatic carbocycles. The average molecular weight is 370 g/mol. The predicted molar refractivity (Wildman–Crippen MR) is 108 cm³/mol. The zero-order chi connectivity index (χ0) is 18.9. The van der Waals surface area contributed by atoms with E-state index >= 15 is 0 Å². The van der Waals surface area contributed by atoms with Crippen molar-refractivity contribution in [2.24, 2.45) is 5.41 Å². The third-order valence-electron chi connectivity index (χ3n) is 6.41. The van der Waals surface area contributed by atoms with Gasteiger partial charge in [-0.1, -0.05) is 12.1 Å². The second kappa shape index (κ2) is 7.60. The highest BCUT2D eigenvalue weighted by atomic mass is 16.2. The number of nitrogens with zero attached hydrogens (tertiary/aromatic N) is 3. The Hall–Kier alpha value is -1.92. The Morgan fingerprint density at radius 1 is 1.33 bits per heavy atom. The first kappa shape index (κ1) is 18.4. The molecule has 0 radical (unpaired) electrons. The summed E-state index contributed by atoms with van der Waals surface area (Å²) in [6, 6.07) is 8.24. The number of fused-ring (bicyclic) bond motifs is 1. The van der Waals surface area contributed by atoms with Crippen LogP contribution in [-0.4, -0.2) is 59.6 Å². The number of para-hydroxylation sites is 2. The van der Waals surface area contributed by atoms with E-state index in [4.69, 9.17) is 4.98 Å². The molecule has 0 unspecified atom stereocenters. The molecule has 1 spiro atoms. The SMILES string of the molecule is CCn1c(CCNC(=O)[C@@H]2CC3(CCNCC3)CN2C)nc2ccccc21. The first-order valence-electron chi connectivity index (χ1n) is 10.2. The maximum absolute atomic E-state index is 12.8. The number of benzene rings is 1. The lowest BCUT2D eigenvalue weighted by molar-refractivity contribution is -0.125. The maximum Gasteiger partial charge on any atom is 0.237 e. The van der Waals surface area contributed by atoms with E-state index in [1.165, 1.54) is 18.4 Å². The highest BCUT2D eigenvalue weighted by Gasteiger charge is 2.45. The van der Waals surface area contributed by atoms with Gasteiger partial charge in [-0.05, 0) is 63.9 Å². The molecule has 2 fully saturated rings. The van der Waals surface area contributed by atoms with Crippen LogP contribution < -0.4 is 10.6 Å². The van der Waals surface area contributed by atoms with Gasteiger partial charge in [0.25, 0.3) is 0 Å². The summed E-state index contributed by atoms with van der Waals surface area (Å²) in [6.07, 6.45) is 4.12. The van der Waals surface area contributed by atoms with Gasteiger partial charge in [0.15, 0.2) is 0 Å². The number of likely N-dealkylation sites (tertiary alicyclic amines) is 1. The van der Waals surface area contributed by atoms with Gasteiger partial charge in [-0.2, -0.15) is 0 Å². The van der Waals surface area contributed by atoms with E-state index in [9.17, 15) is 4.79 Å². The minimum Gasteiger partial charge on any atom is -0.354 e. The van der Waals surface area contributed by atoms with Gasteiger partial charge in [0.05, 0.1) is 17.1 Å². The van der Waals surface area contributed by atoms with Crippen LogP contribution in [-0.2, 0) is 17.8 Å². The van der Waals surface area contributed by atoms with Gasteiger partial charge >= 0.3 is 0 Å². The van der Waals surface area contributed by atoms with Crippen molar-refractivity contribution in [2.75, 3.05) is 33.2 Å². The van der Waals surface area contributed by atoms with Crippen LogP contribution in [0.3, 0.4) is 0 Å². The monoisotopic (exact) mass is 369 g/mol. The van der Waals surface area contributed by atoms with E-state index in [-0.39, 0.29) is 11.9 Å². The molecule has 2 saturated heterocycles. The molecule has 146 valence electrons.